The Morgan fingerprint density at radius 3 is 2.93 bits per heavy atom. The highest BCUT2D eigenvalue weighted by Gasteiger charge is 2.07. The zero-order valence-electron chi connectivity index (χ0n) is 8.31. The highest BCUT2D eigenvalue weighted by atomic mass is 16.3. The van der Waals surface area contributed by atoms with Crippen molar-refractivity contribution in [3.8, 4) is 0 Å². The monoisotopic (exact) mass is 199 g/mol. The van der Waals surface area contributed by atoms with E-state index in [1.54, 1.807) is 6.26 Å². The van der Waals surface area contributed by atoms with Crippen LogP contribution in [0.25, 0.3) is 0 Å². The zero-order valence-corrected chi connectivity index (χ0v) is 8.31. The molecule has 3 N–H and O–H groups in total. The average molecular weight is 199 g/mol. The first-order valence-electron chi connectivity index (χ1n) is 4.77. The number of aliphatic hydroxyl groups is 2. The number of nitrogens with one attached hydrogen (secondary N) is 1. The number of hydrogen-bond donors (Lipinski definition) is 3. The quantitative estimate of drug-likeness (QED) is 0.610. The van der Waals surface area contributed by atoms with E-state index in [0.29, 0.717) is 6.54 Å². The topological polar surface area (TPSA) is 65.6 Å². The summed E-state index contributed by atoms with van der Waals surface area (Å²) >= 11 is 0. The first kappa shape index (κ1) is 11.2. The van der Waals surface area contributed by atoms with Crippen LogP contribution in [-0.4, -0.2) is 35.5 Å². The van der Waals surface area contributed by atoms with Gasteiger partial charge in [0.2, 0.25) is 0 Å². The van der Waals surface area contributed by atoms with E-state index in [4.69, 9.17) is 14.6 Å². The number of rotatable bonds is 6. The van der Waals surface area contributed by atoms with E-state index < -0.39 is 6.10 Å². The van der Waals surface area contributed by atoms with Crippen molar-refractivity contribution in [2.45, 2.75) is 25.5 Å². The SMILES string of the molecule is CC(Cc1ccco1)NC[C@H](O)CO. The number of hydrogen-bond acceptors (Lipinski definition) is 4. The minimum Gasteiger partial charge on any atom is -0.469 e. The van der Waals surface area contributed by atoms with E-state index >= 15 is 0 Å². The van der Waals surface area contributed by atoms with Gasteiger partial charge in [-0.1, -0.05) is 0 Å². The Morgan fingerprint density at radius 1 is 1.57 bits per heavy atom. The Labute approximate surface area is 83.6 Å². The van der Waals surface area contributed by atoms with Crippen LogP contribution in [0.15, 0.2) is 22.8 Å². The van der Waals surface area contributed by atoms with E-state index in [1.165, 1.54) is 0 Å². The normalized spacial score (nSPS) is 15.4. The molecule has 1 heterocycles. The van der Waals surface area contributed by atoms with Crippen LogP contribution in [0.4, 0.5) is 0 Å². The number of furan rings is 1. The molecule has 4 heteroatoms. The van der Waals surface area contributed by atoms with Crippen LogP contribution in [0, 0.1) is 0 Å². The van der Waals surface area contributed by atoms with Gasteiger partial charge in [-0.2, -0.15) is 0 Å². The molecule has 0 bridgehead atoms. The van der Waals surface area contributed by atoms with Crippen LogP contribution in [-0.2, 0) is 6.42 Å². The van der Waals surface area contributed by atoms with E-state index in [-0.39, 0.29) is 12.6 Å². The van der Waals surface area contributed by atoms with Gasteiger partial charge in [0.25, 0.3) is 0 Å². The predicted octanol–water partition coefficient (Wildman–Crippen LogP) is 0.153. The summed E-state index contributed by atoms with van der Waals surface area (Å²) in [6.07, 6.45) is 1.74. The van der Waals surface area contributed by atoms with Crippen LogP contribution in [0.2, 0.25) is 0 Å². The Hall–Kier alpha value is -0.840. The third-order valence-corrected chi connectivity index (χ3v) is 2.00. The van der Waals surface area contributed by atoms with Gasteiger partial charge in [-0.05, 0) is 19.1 Å². The fraction of sp³-hybridized carbons (Fsp3) is 0.600. The molecule has 0 aliphatic carbocycles. The number of aliphatic hydroxyl groups excluding tert-OH is 2. The van der Waals surface area contributed by atoms with Crippen molar-refractivity contribution in [3.05, 3.63) is 24.2 Å². The van der Waals surface area contributed by atoms with E-state index in [0.717, 1.165) is 12.2 Å². The molecule has 1 aromatic rings. The van der Waals surface area contributed by atoms with Crippen molar-refractivity contribution in [1.29, 1.82) is 0 Å². The predicted molar refractivity (Wildman–Crippen MR) is 53.0 cm³/mol. The molecule has 0 fully saturated rings. The fourth-order valence-electron chi connectivity index (χ4n) is 1.20. The summed E-state index contributed by atoms with van der Waals surface area (Å²) in [6.45, 7) is 2.20. The molecule has 0 aromatic carbocycles. The van der Waals surface area contributed by atoms with Gasteiger partial charge in [0.1, 0.15) is 5.76 Å². The summed E-state index contributed by atoms with van der Waals surface area (Å²) in [4.78, 5) is 0. The lowest BCUT2D eigenvalue weighted by atomic mass is 10.2. The smallest absolute Gasteiger partial charge is 0.105 e. The van der Waals surface area contributed by atoms with E-state index in [9.17, 15) is 0 Å². The summed E-state index contributed by atoms with van der Waals surface area (Å²) in [5, 5.41) is 20.8. The zero-order chi connectivity index (χ0) is 10.4. The lowest BCUT2D eigenvalue weighted by Gasteiger charge is -2.14. The van der Waals surface area contributed by atoms with Gasteiger partial charge < -0.3 is 19.9 Å². The fourth-order valence-corrected chi connectivity index (χ4v) is 1.20. The lowest BCUT2D eigenvalue weighted by molar-refractivity contribution is 0.0922. The largest absolute Gasteiger partial charge is 0.469 e. The third kappa shape index (κ3) is 3.91. The van der Waals surface area contributed by atoms with Crippen molar-refractivity contribution in [1.82, 2.24) is 5.32 Å². The summed E-state index contributed by atoms with van der Waals surface area (Å²) in [5.41, 5.74) is 0. The van der Waals surface area contributed by atoms with E-state index in [2.05, 4.69) is 5.32 Å². The molecule has 0 spiro atoms. The van der Waals surface area contributed by atoms with Crippen LogP contribution >= 0.6 is 0 Å². The van der Waals surface area contributed by atoms with Crippen molar-refractivity contribution in [3.63, 3.8) is 0 Å². The molecule has 0 aliphatic rings. The first-order valence-corrected chi connectivity index (χ1v) is 4.77. The van der Waals surface area contributed by atoms with Crippen LogP contribution in [0.1, 0.15) is 12.7 Å². The van der Waals surface area contributed by atoms with Gasteiger partial charge in [0.15, 0.2) is 0 Å². The maximum Gasteiger partial charge on any atom is 0.105 e. The van der Waals surface area contributed by atoms with Gasteiger partial charge in [0, 0.05) is 19.0 Å². The van der Waals surface area contributed by atoms with Crippen LogP contribution in [0.5, 0.6) is 0 Å². The van der Waals surface area contributed by atoms with Crippen LogP contribution in [0.3, 0.4) is 0 Å². The summed E-state index contributed by atoms with van der Waals surface area (Å²) < 4.78 is 5.19. The molecule has 0 saturated carbocycles. The molecule has 1 aromatic heterocycles. The molecule has 0 amide bonds. The summed E-state index contributed by atoms with van der Waals surface area (Å²) in [6, 6.07) is 3.99. The first-order chi connectivity index (χ1) is 6.72. The molecule has 4 nitrogen and oxygen atoms in total. The van der Waals surface area contributed by atoms with Crippen molar-refractivity contribution in [2.24, 2.45) is 0 Å². The highest BCUT2D eigenvalue weighted by molar-refractivity contribution is 4.99. The Morgan fingerprint density at radius 2 is 2.36 bits per heavy atom. The standard InChI is InChI=1S/C10H17NO3/c1-8(11-6-9(13)7-12)5-10-3-2-4-14-10/h2-4,8-9,11-13H,5-7H2,1H3/t8?,9-/m0/s1. The molecule has 0 aliphatic heterocycles. The molecule has 1 unspecified atom stereocenters. The van der Waals surface area contributed by atoms with Crippen LogP contribution < -0.4 is 5.32 Å². The van der Waals surface area contributed by atoms with Crippen molar-refractivity contribution in [2.75, 3.05) is 13.2 Å². The molecule has 1 rings (SSSR count). The van der Waals surface area contributed by atoms with Gasteiger partial charge in [-0.3, -0.25) is 0 Å². The van der Waals surface area contributed by atoms with E-state index in [1.807, 2.05) is 19.1 Å². The van der Waals surface area contributed by atoms with Crippen molar-refractivity contribution >= 4 is 0 Å². The molecule has 2 atom stereocenters. The minimum absolute atomic E-state index is 0.208. The maximum atomic E-state index is 9.10. The lowest BCUT2D eigenvalue weighted by Crippen LogP contribution is -2.36. The molecule has 14 heavy (non-hydrogen) atoms. The molecule has 0 saturated heterocycles. The Bertz CT molecular complexity index is 236. The van der Waals surface area contributed by atoms with Gasteiger partial charge in [-0.25, -0.2) is 0 Å². The minimum atomic E-state index is -0.686. The average Bonchev–Trinajstić information content (AvgIpc) is 2.66. The Kier molecular flexibility index (Phi) is 4.65. The molecule has 0 radical (unpaired) electrons. The van der Waals surface area contributed by atoms with Crippen molar-refractivity contribution < 1.29 is 14.6 Å². The van der Waals surface area contributed by atoms with Gasteiger partial charge >= 0.3 is 0 Å². The molecular formula is C10H17NO3. The molecular weight excluding hydrogens is 182 g/mol. The second-order valence-corrected chi connectivity index (χ2v) is 3.43. The Balaban J connectivity index is 2.19. The second kappa shape index (κ2) is 5.80. The summed E-state index contributed by atoms with van der Waals surface area (Å²) in [5.74, 6) is 0.920. The maximum absolute atomic E-state index is 9.10. The van der Waals surface area contributed by atoms with Gasteiger partial charge in [0.05, 0.1) is 19.0 Å². The highest BCUT2D eigenvalue weighted by Crippen LogP contribution is 2.03. The molecule has 80 valence electrons. The van der Waals surface area contributed by atoms with Gasteiger partial charge in [-0.15, -0.1) is 0 Å². The second-order valence-electron chi connectivity index (χ2n) is 3.43. The summed E-state index contributed by atoms with van der Waals surface area (Å²) in [7, 11) is 0. The third-order valence-electron chi connectivity index (χ3n) is 2.00.